The van der Waals surface area contributed by atoms with E-state index in [-0.39, 0.29) is 10.8 Å². The Morgan fingerprint density at radius 3 is 2.36 bits per heavy atom. The van der Waals surface area contributed by atoms with Gasteiger partial charge in [-0.1, -0.05) is 23.2 Å². The number of hydrogen-bond acceptors (Lipinski definition) is 4. The molecule has 4 rings (SSSR count). The first-order valence-corrected chi connectivity index (χ1v) is 8.14. The third kappa shape index (κ3) is 1.98. The Balaban J connectivity index is 1.86. The van der Waals surface area contributed by atoms with Crippen molar-refractivity contribution < 1.29 is 4.74 Å². The van der Waals surface area contributed by atoms with E-state index >= 15 is 0 Å². The van der Waals surface area contributed by atoms with E-state index in [1.54, 1.807) is 0 Å². The number of ether oxygens (including phenoxy) is 1. The molecule has 2 aliphatic rings. The number of nitrogens with zero attached hydrogens (tertiary/aromatic N) is 3. The Hall–Kier alpha value is -0.950. The first-order valence-electron chi connectivity index (χ1n) is 6.97. The first-order chi connectivity index (χ1) is 10.4. The molecule has 0 bridgehead atoms. The molecule has 0 amide bonds. The lowest BCUT2D eigenvalue weighted by atomic mass is 9.49. The van der Waals surface area contributed by atoms with Crippen LogP contribution < -0.4 is 0 Å². The van der Waals surface area contributed by atoms with E-state index in [4.69, 9.17) is 40.2 Å². The summed E-state index contributed by atoms with van der Waals surface area (Å²) >= 11 is 17.5. The molecule has 1 saturated carbocycles. The monoisotopic (exact) mass is 356 g/mol. The van der Waals surface area contributed by atoms with E-state index in [9.17, 15) is 0 Å². The molecule has 1 spiro atoms. The maximum atomic E-state index is 6.11. The predicted octanol–water partition coefficient (Wildman–Crippen LogP) is 3.28. The zero-order chi connectivity index (χ0) is 15.5. The second-order valence-corrected chi connectivity index (χ2v) is 7.50. The number of aromatic nitrogens is 4. The fraction of sp³-hybridized carbons (Fsp3) is 0.500. The average Bonchev–Trinajstić information content (AvgIpc) is 2.67. The van der Waals surface area contributed by atoms with Gasteiger partial charge in [-0.15, -0.1) is 0 Å². The SMILES string of the molecule is Cn1c(C2(c3cc(Cl)nc(Cl)c3)CC3(COC3)C2)n[nH]c1=S. The van der Waals surface area contributed by atoms with Gasteiger partial charge >= 0.3 is 0 Å². The van der Waals surface area contributed by atoms with Crippen LogP contribution in [0.4, 0.5) is 0 Å². The normalized spacial score (nSPS) is 21.4. The van der Waals surface area contributed by atoms with E-state index in [0.717, 1.165) is 37.4 Å². The zero-order valence-electron chi connectivity index (χ0n) is 11.9. The van der Waals surface area contributed by atoms with Crippen LogP contribution in [0, 0.1) is 10.2 Å². The van der Waals surface area contributed by atoms with E-state index in [0.29, 0.717) is 15.1 Å². The number of nitrogens with one attached hydrogen (secondary N) is 1. The van der Waals surface area contributed by atoms with Crippen molar-refractivity contribution in [1.29, 1.82) is 0 Å². The Morgan fingerprint density at radius 1 is 1.27 bits per heavy atom. The minimum Gasteiger partial charge on any atom is -0.380 e. The summed E-state index contributed by atoms with van der Waals surface area (Å²) in [5.41, 5.74) is 1.03. The predicted molar refractivity (Wildman–Crippen MR) is 85.9 cm³/mol. The highest BCUT2D eigenvalue weighted by molar-refractivity contribution is 7.71. The van der Waals surface area contributed by atoms with Crippen LogP contribution in [-0.2, 0) is 17.2 Å². The highest BCUT2D eigenvalue weighted by atomic mass is 35.5. The van der Waals surface area contributed by atoms with E-state index < -0.39 is 0 Å². The largest absolute Gasteiger partial charge is 0.380 e. The van der Waals surface area contributed by atoms with Gasteiger partial charge in [-0.2, -0.15) is 5.10 Å². The third-order valence-electron chi connectivity index (χ3n) is 4.79. The van der Waals surface area contributed by atoms with Crippen LogP contribution in [0.2, 0.25) is 10.3 Å². The molecule has 0 radical (unpaired) electrons. The Bertz CT molecular complexity index is 783. The number of aromatic amines is 1. The van der Waals surface area contributed by atoms with Crippen molar-refractivity contribution in [2.24, 2.45) is 12.5 Å². The topological polar surface area (TPSA) is 55.7 Å². The third-order valence-corrected chi connectivity index (χ3v) is 5.55. The molecule has 0 aromatic carbocycles. The summed E-state index contributed by atoms with van der Waals surface area (Å²) < 4.78 is 7.93. The van der Waals surface area contributed by atoms with Crippen molar-refractivity contribution in [3.8, 4) is 0 Å². The molecule has 1 N–H and O–H groups in total. The second kappa shape index (κ2) is 4.77. The van der Waals surface area contributed by atoms with Gasteiger partial charge in [-0.05, 0) is 42.8 Å². The Morgan fingerprint density at radius 2 is 1.91 bits per heavy atom. The van der Waals surface area contributed by atoms with E-state index in [1.807, 2.05) is 23.7 Å². The summed E-state index contributed by atoms with van der Waals surface area (Å²) in [6, 6.07) is 3.75. The maximum absolute atomic E-state index is 6.11. The molecule has 2 aromatic rings. The van der Waals surface area contributed by atoms with Crippen molar-refractivity contribution in [3.63, 3.8) is 0 Å². The van der Waals surface area contributed by atoms with Crippen molar-refractivity contribution in [2.75, 3.05) is 13.2 Å². The molecule has 1 saturated heterocycles. The highest BCUT2D eigenvalue weighted by Gasteiger charge is 2.61. The van der Waals surface area contributed by atoms with Crippen molar-refractivity contribution >= 4 is 35.4 Å². The van der Waals surface area contributed by atoms with Gasteiger partial charge in [-0.25, -0.2) is 4.98 Å². The fourth-order valence-corrected chi connectivity index (χ4v) is 4.42. The minimum atomic E-state index is -0.248. The number of rotatable bonds is 2. The van der Waals surface area contributed by atoms with Gasteiger partial charge in [0.2, 0.25) is 0 Å². The lowest BCUT2D eigenvalue weighted by Gasteiger charge is -2.59. The molecular weight excluding hydrogens is 343 g/mol. The van der Waals surface area contributed by atoms with Gasteiger partial charge in [-0.3, -0.25) is 5.10 Å². The van der Waals surface area contributed by atoms with Gasteiger partial charge in [0.25, 0.3) is 0 Å². The van der Waals surface area contributed by atoms with Gasteiger partial charge in [0, 0.05) is 12.5 Å². The fourth-order valence-electron chi connectivity index (χ4n) is 3.83. The average molecular weight is 357 g/mol. The van der Waals surface area contributed by atoms with Crippen LogP contribution in [0.1, 0.15) is 24.2 Å². The smallest absolute Gasteiger partial charge is 0.194 e. The molecule has 116 valence electrons. The van der Waals surface area contributed by atoms with Gasteiger partial charge in [0.15, 0.2) is 4.77 Å². The van der Waals surface area contributed by atoms with Crippen molar-refractivity contribution in [2.45, 2.75) is 18.3 Å². The quantitative estimate of drug-likeness (QED) is 0.662. The summed E-state index contributed by atoms with van der Waals surface area (Å²) in [6.45, 7) is 1.60. The van der Waals surface area contributed by atoms with Gasteiger partial charge < -0.3 is 9.30 Å². The molecule has 0 unspecified atom stereocenters. The zero-order valence-corrected chi connectivity index (χ0v) is 14.2. The molecule has 3 heterocycles. The minimum absolute atomic E-state index is 0.246. The van der Waals surface area contributed by atoms with Crippen LogP contribution in [0.15, 0.2) is 12.1 Å². The maximum Gasteiger partial charge on any atom is 0.194 e. The van der Waals surface area contributed by atoms with Crippen LogP contribution >= 0.6 is 35.4 Å². The van der Waals surface area contributed by atoms with E-state index in [2.05, 4.69) is 15.2 Å². The number of halogens is 2. The number of H-pyrrole nitrogens is 1. The molecule has 1 aliphatic carbocycles. The van der Waals surface area contributed by atoms with Crippen molar-refractivity contribution in [1.82, 2.24) is 19.7 Å². The van der Waals surface area contributed by atoms with Crippen LogP contribution in [0.3, 0.4) is 0 Å². The first kappa shape index (κ1) is 14.6. The number of pyridine rings is 1. The molecule has 22 heavy (non-hydrogen) atoms. The number of hydrogen-bond donors (Lipinski definition) is 1. The molecule has 2 aromatic heterocycles. The van der Waals surface area contributed by atoms with Crippen LogP contribution in [0.5, 0.6) is 0 Å². The second-order valence-electron chi connectivity index (χ2n) is 6.34. The summed E-state index contributed by atoms with van der Waals surface area (Å²) in [5.74, 6) is 0.911. The molecule has 1 aliphatic heterocycles. The van der Waals surface area contributed by atoms with E-state index in [1.165, 1.54) is 0 Å². The molecular formula is C14H14Cl2N4OS. The lowest BCUT2D eigenvalue weighted by Crippen LogP contribution is -2.60. The van der Waals surface area contributed by atoms with Crippen LogP contribution in [0.25, 0.3) is 0 Å². The Labute approximate surface area is 142 Å². The van der Waals surface area contributed by atoms with Crippen LogP contribution in [-0.4, -0.2) is 33.0 Å². The molecule has 5 nitrogen and oxygen atoms in total. The highest BCUT2D eigenvalue weighted by Crippen LogP contribution is 2.61. The summed E-state index contributed by atoms with van der Waals surface area (Å²) in [5, 5.41) is 8.13. The van der Waals surface area contributed by atoms with Gasteiger partial charge in [0.05, 0.1) is 18.6 Å². The summed E-state index contributed by atoms with van der Waals surface area (Å²) in [6.07, 6.45) is 1.90. The lowest BCUT2D eigenvalue weighted by molar-refractivity contribution is -0.182. The summed E-state index contributed by atoms with van der Waals surface area (Å²) in [7, 11) is 1.93. The Kier molecular flexibility index (Phi) is 3.17. The van der Waals surface area contributed by atoms with Crippen molar-refractivity contribution in [3.05, 3.63) is 38.6 Å². The molecule has 0 atom stereocenters. The van der Waals surface area contributed by atoms with Gasteiger partial charge in [0.1, 0.15) is 16.1 Å². The molecule has 8 heteroatoms. The standard InChI is InChI=1S/C14H14Cl2N4OS/c1-20-11(18-19-12(20)22)14(4-13(5-14)6-21-7-13)8-2-9(15)17-10(16)3-8/h2-3H,4-7H2,1H3,(H,19,22). The molecule has 2 fully saturated rings. The summed E-state index contributed by atoms with van der Waals surface area (Å²) in [4.78, 5) is 4.05.